The van der Waals surface area contributed by atoms with Gasteiger partial charge in [0.05, 0.1) is 6.04 Å². The molecule has 31 heavy (non-hydrogen) atoms. The van der Waals surface area contributed by atoms with Gasteiger partial charge in [0.15, 0.2) is 10.3 Å². The Kier molecular flexibility index (Phi) is 4.69. The Hall–Kier alpha value is -2.68. The quantitative estimate of drug-likeness (QED) is 0.607. The molecule has 1 aromatic carbocycles. The van der Waals surface area contributed by atoms with E-state index in [1.165, 1.54) is 16.9 Å². The molecule has 1 aliphatic carbocycles. The molecular weight excluding hydrogens is 425 g/mol. The van der Waals surface area contributed by atoms with Crippen molar-refractivity contribution in [2.45, 2.75) is 50.2 Å². The zero-order valence-electron chi connectivity index (χ0n) is 16.9. The summed E-state index contributed by atoms with van der Waals surface area (Å²) in [7, 11) is 0. The summed E-state index contributed by atoms with van der Waals surface area (Å²) in [5, 5.41) is 0.716. The smallest absolute Gasteiger partial charge is 0.368 e. The van der Waals surface area contributed by atoms with E-state index in [2.05, 4.69) is 25.9 Å². The molecule has 5 rings (SSSR count). The maximum Gasteiger partial charge on any atom is 0.401 e. The Morgan fingerprint density at radius 1 is 1.29 bits per heavy atom. The molecule has 162 valence electrons. The predicted molar refractivity (Wildman–Crippen MR) is 114 cm³/mol. The molecule has 1 N–H and O–H groups in total. The molecule has 1 aliphatic heterocycles. The van der Waals surface area contributed by atoms with Gasteiger partial charge in [0.25, 0.3) is 5.56 Å². The van der Waals surface area contributed by atoms with Crippen LogP contribution in [-0.4, -0.2) is 32.6 Å². The van der Waals surface area contributed by atoms with E-state index in [0.29, 0.717) is 5.01 Å². The number of fused-ring (bicyclic) bond motifs is 1. The molecule has 2 aromatic heterocycles. The summed E-state index contributed by atoms with van der Waals surface area (Å²) in [6.45, 7) is 2.90. The average molecular weight is 446 g/mol. The number of H-pyrrole nitrogens is 1. The van der Waals surface area contributed by atoms with Gasteiger partial charge in [-0.1, -0.05) is 41.2 Å². The summed E-state index contributed by atoms with van der Waals surface area (Å²) in [5.41, 5.74) is -0.214. The van der Waals surface area contributed by atoms with E-state index in [9.17, 15) is 18.0 Å². The normalized spacial score (nSPS) is 20.8. The van der Waals surface area contributed by atoms with Gasteiger partial charge in [-0.3, -0.25) is 4.79 Å². The van der Waals surface area contributed by atoms with Crippen LogP contribution >= 0.6 is 11.3 Å². The molecule has 1 saturated carbocycles. The third-order valence-electron chi connectivity index (χ3n) is 6.11. The number of likely N-dealkylation sites (tertiary alicyclic amines) is 1. The summed E-state index contributed by atoms with van der Waals surface area (Å²) in [4.78, 5) is 26.0. The van der Waals surface area contributed by atoms with Crippen molar-refractivity contribution in [1.82, 2.24) is 19.9 Å². The molecular formula is C22H21F3N4OS. The molecule has 0 unspecified atom stereocenters. The number of rotatable bonds is 4. The maximum atomic E-state index is 13.5. The lowest BCUT2D eigenvalue weighted by Crippen LogP contribution is -2.32. The second-order valence-corrected chi connectivity index (χ2v) is 9.34. The van der Waals surface area contributed by atoms with Gasteiger partial charge in [-0.05, 0) is 44.2 Å². The number of aromatic nitrogens is 3. The monoisotopic (exact) mass is 446 g/mol. The summed E-state index contributed by atoms with van der Waals surface area (Å²) >= 11 is 1.22. The second kappa shape index (κ2) is 7.19. The van der Waals surface area contributed by atoms with Gasteiger partial charge < -0.3 is 9.88 Å². The van der Waals surface area contributed by atoms with Gasteiger partial charge in [-0.2, -0.15) is 13.2 Å². The van der Waals surface area contributed by atoms with Crippen LogP contribution in [0, 0.1) is 6.92 Å². The van der Waals surface area contributed by atoms with Crippen molar-refractivity contribution in [3.8, 4) is 0 Å². The Balaban J connectivity index is 1.46. The van der Waals surface area contributed by atoms with Crippen LogP contribution in [0.4, 0.5) is 13.2 Å². The molecule has 0 amide bonds. The number of thiazole rings is 1. The first-order valence-electron chi connectivity index (χ1n) is 10.3. The van der Waals surface area contributed by atoms with Crippen LogP contribution in [0.1, 0.15) is 53.7 Å². The first-order chi connectivity index (χ1) is 14.8. The molecule has 1 saturated heterocycles. The van der Waals surface area contributed by atoms with Gasteiger partial charge in [-0.25, -0.2) is 9.97 Å². The van der Waals surface area contributed by atoms with Crippen molar-refractivity contribution in [2.24, 2.45) is 0 Å². The van der Waals surface area contributed by atoms with Crippen LogP contribution < -0.4 is 5.56 Å². The molecule has 9 heteroatoms. The lowest BCUT2D eigenvalue weighted by molar-refractivity contribution is -0.162. The zero-order chi connectivity index (χ0) is 21.8. The van der Waals surface area contributed by atoms with E-state index in [1.54, 1.807) is 0 Å². The predicted octanol–water partition coefficient (Wildman–Crippen LogP) is 5.09. The fourth-order valence-corrected chi connectivity index (χ4v) is 5.28. The summed E-state index contributed by atoms with van der Waals surface area (Å²) < 4.78 is 40.4. The first-order valence-corrected chi connectivity index (χ1v) is 11.1. The zero-order valence-corrected chi connectivity index (χ0v) is 17.7. The molecule has 0 bridgehead atoms. The number of nitrogens with zero attached hydrogens (tertiary/aromatic N) is 3. The van der Waals surface area contributed by atoms with Crippen LogP contribution in [0.2, 0.25) is 0 Å². The Bertz CT molecular complexity index is 1230. The number of benzene rings is 1. The lowest BCUT2D eigenvalue weighted by atomic mass is 10.1. The summed E-state index contributed by atoms with van der Waals surface area (Å²) in [6, 6.07) is 8.17. The third kappa shape index (κ3) is 3.54. The lowest BCUT2D eigenvalue weighted by Gasteiger charge is -2.20. The maximum absolute atomic E-state index is 13.5. The second-order valence-electron chi connectivity index (χ2n) is 8.33. The average Bonchev–Trinajstić information content (AvgIpc) is 3.23. The molecule has 3 heterocycles. The van der Waals surface area contributed by atoms with Gasteiger partial charge in [0.2, 0.25) is 0 Å². The Morgan fingerprint density at radius 3 is 2.81 bits per heavy atom. The van der Waals surface area contributed by atoms with Crippen LogP contribution in [0.5, 0.6) is 0 Å². The Labute approximate surface area is 180 Å². The van der Waals surface area contributed by atoms with Gasteiger partial charge >= 0.3 is 6.18 Å². The van der Waals surface area contributed by atoms with Crippen LogP contribution in [-0.2, 0) is 5.41 Å². The van der Waals surface area contributed by atoms with Crippen molar-refractivity contribution < 1.29 is 13.2 Å². The molecule has 5 nitrogen and oxygen atoms in total. The summed E-state index contributed by atoms with van der Waals surface area (Å²) in [6.07, 6.45) is 1.41. The molecule has 0 radical (unpaired) electrons. The van der Waals surface area contributed by atoms with Crippen molar-refractivity contribution in [2.75, 3.05) is 6.54 Å². The van der Waals surface area contributed by atoms with E-state index in [1.807, 2.05) is 37.4 Å². The highest BCUT2D eigenvalue weighted by molar-refractivity contribution is 7.18. The van der Waals surface area contributed by atoms with Crippen LogP contribution in [0.3, 0.4) is 0 Å². The molecule has 1 atom stereocenters. The number of nitrogens with one attached hydrogen (secondary N) is 1. The van der Waals surface area contributed by atoms with Crippen LogP contribution in [0.15, 0.2) is 35.3 Å². The Morgan fingerprint density at radius 2 is 2.10 bits per heavy atom. The highest BCUT2D eigenvalue weighted by atomic mass is 32.1. The van der Waals surface area contributed by atoms with E-state index in [4.69, 9.17) is 0 Å². The van der Waals surface area contributed by atoms with E-state index >= 15 is 0 Å². The fraction of sp³-hybridized carbons (Fsp3) is 0.409. The number of halogens is 3. The highest BCUT2D eigenvalue weighted by Gasteiger charge is 2.66. The van der Waals surface area contributed by atoms with Crippen LogP contribution in [0.25, 0.3) is 16.4 Å². The number of alkyl halides is 3. The summed E-state index contributed by atoms with van der Waals surface area (Å²) in [5.74, 6) is -0.282. The minimum Gasteiger partial charge on any atom is -0.368 e. The minimum absolute atomic E-state index is 0.0133. The molecule has 2 fully saturated rings. The van der Waals surface area contributed by atoms with Crippen molar-refractivity contribution in [3.63, 3.8) is 0 Å². The van der Waals surface area contributed by atoms with E-state index in [-0.39, 0.29) is 35.1 Å². The SMILES string of the molecule is Cc1cccc(C=CN2CCC[C@@H]2c2nc3c(=O)[nH]c(C4(C(F)(F)F)CC4)nc3s2)c1. The largest absolute Gasteiger partial charge is 0.401 e. The minimum atomic E-state index is -4.42. The number of hydrogen-bond acceptors (Lipinski definition) is 5. The standard InChI is InChI=1S/C22H21F3N4OS/c1-13-4-2-5-14(12-13)7-11-29-10-3-6-15(29)18-26-16-17(30)27-20(28-19(16)31-18)21(8-9-21)22(23,24)25/h2,4-5,7,11-12,15H,3,6,8-10H2,1H3,(H,27,28,30)/t15-/m1/s1. The van der Waals surface area contributed by atoms with Gasteiger partial charge in [0, 0.05) is 12.7 Å². The molecule has 2 aliphatic rings. The van der Waals surface area contributed by atoms with Gasteiger partial charge in [-0.15, -0.1) is 0 Å². The van der Waals surface area contributed by atoms with E-state index < -0.39 is 17.2 Å². The number of hydrogen-bond donors (Lipinski definition) is 1. The molecule has 3 aromatic rings. The topological polar surface area (TPSA) is 61.9 Å². The number of aryl methyl sites for hydroxylation is 1. The first kappa shape index (κ1) is 20.2. The highest BCUT2D eigenvalue weighted by Crippen LogP contribution is 2.57. The number of aromatic amines is 1. The van der Waals surface area contributed by atoms with Gasteiger partial charge in [0.1, 0.15) is 16.2 Å². The van der Waals surface area contributed by atoms with Crippen molar-refractivity contribution >= 4 is 27.8 Å². The van der Waals surface area contributed by atoms with E-state index in [0.717, 1.165) is 24.9 Å². The molecule has 0 spiro atoms. The van der Waals surface area contributed by atoms with Crippen molar-refractivity contribution in [1.29, 1.82) is 0 Å². The van der Waals surface area contributed by atoms with Crippen molar-refractivity contribution in [3.05, 3.63) is 62.8 Å². The fourth-order valence-electron chi connectivity index (χ4n) is 4.19. The third-order valence-corrected chi connectivity index (χ3v) is 7.16.